The van der Waals surface area contributed by atoms with Gasteiger partial charge >= 0.3 is 0 Å². The topological polar surface area (TPSA) is 60.3 Å². The molecule has 0 N–H and O–H groups in total. The molecule has 0 radical (unpaired) electrons. The minimum atomic E-state index is -0.474. The summed E-state index contributed by atoms with van der Waals surface area (Å²) in [5.74, 6) is 0.475. The number of nitrogens with zero attached hydrogens (tertiary/aromatic N) is 4. The van der Waals surface area contributed by atoms with Gasteiger partial charge in [0.2, 0.25) is 0 Å². The van der Waals surface area contributed by atoms with Crippen molar-refractivity contribution in [1.29, 1.82) is 0 Å². The summed E-state index contributed by atoms with van der Waals surface area (Å²) in [7, 11) is 3.32. The van der Waals surface area contributed by atoms with Crippen molar-refractivity contribution in [3.63, 3.8) is 0 Å². The van der Waals surface area contributed by atoms with Crippen LogP contribution in [0.25, 0.3) is 11.4 Å². The Kier molecular flexibility index (Phi) is 7.10. The van der Waals surface area contributed by atoms with E-state index in [1.807, 2.05) is 23.7 Å². The van der Waals surface area contributed by atoms with Crippen LogP contribution < -0.4 is 9.64 Å². The molecule has 6 nitrogen and oxygen atoms in total. The van der Waals surface area contributed by atoms with Gasteiger partial charge in [-0.1, -0.05) is 11.8 Å². The number of carbonyl (C=O) groups excluding carboxylic acids is 1. The van der Waals surface area contributed by atoms with Gasteiger partial charge in [0.05, 0.1) is 18.4 Å². The highest BCUT2D eigenvalue weighted by atomic mass is 32.2. The molecule has 2 aromatic carbocycles. The van der Waals surface area contributed by atoms with E-state index in [0.29, 0.717) is 10.9 Å². The number of carbonyl (C=O) groups is 1. The maximum atomic E-state index is 13.5. The van der Waals surface area contributed by atoms with Crippen LogP contribution in [-0.2, 0) is 7.05 Å². The van der Waals surface area contributed by atoms with Crippen LogP contribution in [0.15, 0.2) is 47.6 Å². The fourth-order valence-corrected chi connectivity index (χ4v) is 4.00. The second-order valence-corrected chi connectivity index (χ2v) is 7.58. The van der Waals surface area contributed by atoms with Crippen LogP contribution in [0, 0.1) is 5.82 Å². The third-order valence-electron chi connectivity index (χ3n) is 4.88. The maximum Gasteiger partial charge on any atom is 0.191 e. The molecular formula is C22H25FN4O2S. The summed E-state index contributed by atoms with van der Waals surface area (Å²) in [4.78, 5) is 14.8. The highest BCUT2D eigenvalue weighted by molar-refractivity contribution is 7.99. The molecule has 0 spiro atoms. The molecule has 30 heavy (non-hydrogen) atoms. The van der Waals surface area contributed by atoms with E-state index in [0.717, 1.165) is 30.2 Å². The van der Waals surface area contributed by atoms with E-state index >= 15 is 0 Å². The third kappa shape index (κ3) is 4.64. The Hall–Kier alpha value is -2.87. The first-order chi connectivity index (χ1) is 14.5. The smallest absolute Gasteiger partial charge is 0.191 e. The maximum absolute atomic E-state index is 13.5. The summed E-state index contributed by atoms with van der Waals surface area (Å²) in [5, 5.41) is 9.11. The van der Waals surface area contributed by atoms with Crippen molar-refractivity contribution < 1.29 is 13.9 Å². The molecule has 0 bridgehead atoms. The van der Waals surface area contributed by atoms with Crippen molar-refractivity contribution >= 4 is 23.2 Å². The lowest BCUT2D eigenvalue weighted by Gasteiger charge is -2.21. The van der Waals surface area contributed by atoms with Crippen LogP contribution in [0.3, 0.4) is 0 Å². The fourth-order valence-electron chi connectivity index (χ4n) is 3.21. The molecule has 1 aromatic heterocycles. The second kappa shape index (κ2) is 9.75. The summed E-state index contributed by atoms with van der Waals surface area (Å²) in [6.45, 7) is 6.16. The van der Waals surface area contributed by atoms with Gasteiger partial charge in [-0.05, 0) is 56.3 Å². The number of hydrogen-bond donors (Lipinski definition) is 0. The fraction of sp³-hybridized carbons (Fsp3) is 0.318. The summed E-state index contributed by atoms with van der Waals surface area (Å²) < 4.78 is 20.6. The molecule has 0 atom stereocenters. The van der Waals surface area contributed by atoms with Crippen LogP contribution in [0.4, 0.5) is 10.1 Å². The Morgan fingerprint density at radius 3 is 2.47 bits per heavy atom. The van der Waals surface area contributed by atoms with Gasteiger partial charge in [-0.3, -0.25) is 4.79 Å². The van der Waals surface area contributed by atoms with E-state index in [1.165, 1.54) is 37.1 Å². The number of aromatic nitrogens is 3. The number of ether oxygens (including phenoxy) is 1. The highest BCUT2D eigenvalue weighted by Gasteiger charge is 2.17. The first-order valence-corrected chi connectivity index (χ1v) is 10.7. The monoisotopic (exact) mass is 428 g/mol. The molecular weight excluding hydrogens is 403 g/mol. The normalized spacial score (nSPS) is 10.8. The van der Waals surface area contributed by atoms with E-state index in [1.54, 1.807) is 0 Å². The van der Waals surface area contributed by atoms with Gasteiger partial charge in [0.15, 0.2) is 16.8 Å². The zero-order valence-corrected chi connectivity index (χ0v) is 18.4. The molecule has 0 saturated carbocycles. The molecule has 8 heteroatoms. The predicted molar refractivity (Wildman–Crippen MR) is 118 cm³/mol. The van der Waals surface area contributed by atoms with Crippen LogP contribution >= 0.6 is 11.8 Å². The lowest BCUT2D eigenvalue weighted by Crippen LogP contribution is -2.21. The number of Topliss-reactive ketones (excluding diaryl/α,β-unsaturated/α-hetero) is 1. The van der Waals surface area contributed by atoms with Crippen molar-refractivity contribution in [3.05, 3.63) is 53.8 Å². The second-order valence-electron chi connectivity index (χ2n) is 6.64. The van der Waals surface area contributed by atoms with Crippen molar-refractivity contribution in [2.75, 3.05) is 30.9 Å². The standard InChI is InChI=1S/C22H25FN4O2S/c1-5-27(6-2)17-10-7-15(8-11-17)21-24-25-22(26(21)3)30-14-19(28)18-13-16(23)9-12-20(18)29-4/h7-13H,5-6,14H2,1-4H3. The van der Waals surface area contributed by atoms with E-state index in [4.69, 9.17) is 4.74 Å². The molecule has 3 aromatic rings. The SMILES string of the molecule is CCN(CC)c1ccc(-c2nnc(SCC(=O)c3cc(F)ccc3OC)n2C)cc1. The average Bonchev–Trinajstić information content (AvgIpc) is 3.13. The van der Waals surface area contributed by atoms with Crippen LogP contribution in [0.5, 0.6) is 5.75 Å². The molecule has 0 saturated heterocycles. The Labute approximate surface area is 180 Å². The highest BCUT2D eigenvalue weighted by Crippen LogP contribution is 2.27. The van der Waals surface area contributed by atoms with Crippen LogP contribution in [0.2, 0.25) is 0 Å². The Balaban J connectivity index is 1.73. The molecule has 158 valence electrons. The van der Waals surface area contributed by atoms with E-state index < -0.39 is 5.82 Å². The number of benzene rings is 2. The van der Waals surface area contributed by atoms with Gasteiger partial charge in [0.1, 0.15) is 11.6 Å². The number of rotatable bonds is 9. The molecule has 3 rings (SSSR count). The number of ketones is 1. The minimum Gasteiger partial charge on any atom is -0.496 e. The Morgan fingerprint density at radius 1 is 1.13 bits per heavy atom. The number of anilines is 1. The van der Waals surface area contributed by atoms with Gasteiger partial charge in [-0.2, -0.15) is 0 Å². The summed E-state index contributed by atoms with van der Waals surface area (Å²) in [6.07, 6.45) is 0. The number of hydrogen-bond acceptors (Lipinski definition) is 6. The zero-order chi connectivity index (χ0) is 21.7. The molecule has 0 unspecified atom stereocenters. The largest absolute Gasteiger partial charge is 0.496 e. The van der Waals surface area contributed by atoms with Gasteiger partial charge in [0, 0.05) is 31.4 Å². The third-order valence-corrected chi connectivity index (χ3v) is 5.90. The van der Waals surface area contributed by atoms with Crippen molar-refractivity contribution in [2.24, 2.45) is 7.05 Å². The quantitative estimate of drug-likeness (QED) is 0.371. The lowest BCUT2D eigenvalue weighted by atomic mass is 10.1. The Bertz CT molecular complexity index is 1020. The lowest BCUT2D eigenvalue weighted by molar-refractivity contribution is 0.101. The first-order valence-electron chi connectivity index (χ1n) is 9.72. The van der Waals surface area contributed by atoms with Gasteiger partial charge in [-0.15, -0.1) is 10.2 Å². The van der Waals surface area contributed by atoms with Crippen molar-refractivity contribution in [3.8, 4) is 17.1 Å². The number of thioether (sulfide) groups is 1. The van der Waals surface area contributed by atoms with Gasteiger partial charge in [0.25, 0.3) is 0 Å². The Morgan fingerprint density at radius 2 is 1.83 bits per heavy atom. The van der Waals surface area contributed by atoms with Crippen LogP contribution in [0.1, 0.15) is 24.2 Å². The molecule has 0 amide bonds. The zero-order valence-electron chi connectivity index (χ0n) is 17.6. The molecule has 0 fully saturated rings. The van der Waals surface area contributed by atoms with Crippen LogP contribution in [-0.4, -0.2) is 46.5 Å². The van der Waals surface area contributed by atoms with Gasteiger partial charge in [-0.25, -0.2) is 4.39 Å². The van der Waals surface area contributed by atoms with Crippen molar-refractivity contribution in [2.45, 2.75) is 19.0 Å². The molecule has 0 aliphatic rings. The summed E-state index contributed by atoms with van der Waals surface area (Å²) in [6, 6.07) is 12.1. The first kappa shape index (κ1) is 21.8. The summed E-state index contributed by atoms with van der Waals surface area (Å²) >= 11 is 1.26. The number of halogens is 1. The molecule has 0 aliphatic heterocycles. The van der Waals surface area contributed by atoms with E-state index in [2.05, 4.69) is 41.1 Å². The average molecular weight is 429 g/mol. The summed E-state index contributed by atoms with van der Waals surface area (Å²) in [5.41, 5.74) is 2.33. The molecule has 1 heterocycles. The van der Waals surface area contributed by atoms with E-state index in [-0.39, 0.29) is 17.1 Å². The van der Waals surface area contributed by atoms with E-state index in [9.17, 15) is 9.18 Å². The number of methoxy groups -OCH3 is 1. The molecule has 0 aliphatic carbocycles. The minimum absolute atomic E-state index is 0.104. The van der Waals surface area contributed by atoms with Crippen molar-refractivity contribution in [1.82, 2.24) is 14.8 Å². The predicted octanol–water partition coefficient (Wildman–Crippen LogP) is 4.45. The van der Waals surface area contributed by atoms with Gasteiger partial charge < -0.3 is 14.2 Å².